The van der Waals surface area contributed by atoms with Crippen LogP contribution in [0.2, 0.25) is 0 Å². The highest BCUT2D eigenvalue weighted by Crippen LogP contribution is 2.37. The summed E-state index contributed by atoms with van der Waals surface area (Å²) in [6.45, 7) is 14.9. The predicted octanol–water partition coefficient (Wildman–Crippen LogP) is 6.32. The largest absolute Gasteiger partial charge is 0.292 e. The fraction of sp³-hybridized carbons (Fsp3) is 0.417. The average molecular weight is 335 g/mol. The zero-order chi connectivity index (χ0) is 18.0. The van der Waals surface area contributed by atoms with E-state index in [9.17, 15) is 0 Å². The van der Waals surface area contributed by atoms with Crippen molar-refractivity contribution in [3.8, 4) is 11.1 Å². The maximum atomic E-state index is 2.42. The minimum atomic E-state index is 0.624. The summed E-state index contributed by atoms with van der Waals surface area (Å²) in [6, 6.07) is 16.1. The normalized spacial score (nSPS) is 13.9. The van der Waals surface area contributed by atoms with Crippen LogP contribution in [-0.2, 0) is 6.42 Å². The molecule has 0 N–H and O–H groups in total. The lowest BCUT2D eigenvalue weighted by atomic mass is 9.96. The Bertz CT molecular complexity index is 753. The van der Waals surface area contributed by atoms with Gasteiger partial charge in [-0.15, -0.1) is 0 Å². The quantitative estimate of drug-likeness (QED) is 0.543. The molecule has 0 saturated carbocycles. The van der Waals surface area contributed by atoms with Crippen LogP contribution in [0.15, 0.2) is 48.0 Å². The van der Waals surface area contributed by atoms with E-state index in [4.69, 9.17) is 0 Å². The minimum absolute atomic E-state index is 0.624. The van der Waals surface area contributed by atoms with Gasteiger partial charge in [0.1, 0.15) is 5.69 Å². The molecule has 0 unspecified atom stereocenters. The highest BCUT2D eigenvalue weighted by atomic mass is 15.3. The van der Waals surface area contributed by atoms with E-state index in [1.54, 1.807) is 5.57 Å². The Hall–Kier alpha value is -1.86. The number of nitrogens with zero attached hydrogens (tertiary/aromatic N) is 1. The van der Waals surface area contributed by atoms with Gasteiger partial charge >= 0.3 is 0 Å². The Labute approximate surface area is 153 Å². The van der Waals surface area contributed by atoms with Gasteiger partial charge in [-0.1, -0.05) is 43.7 Å². The van der Waals surface area contributed by atoms with Crippen molar-refractivity contribution in [2.75, 3.05) is 19.6 Å². The van der Waals surface area contributed by atoms with Gasteiger partial charge in [-0.25, -0.2) is 0 Å². The molecule has 132 valence electrons. The van der Waals surface area contributed by atoms with Crippen molar-refractivity contribution in [3.05, 3.63) is 59.2 Å². The first-order valence-electron chi connectivity index (χ1n) is 9.84. The highest BCUT2D eigenvalue weighted by molar-refractivity contribution is 5.81. The molecule has 0 fully saturated rings. The number of rotatable bonds is 6. The van der Waals surface area contributed by atoms with Gasteiger partial charge in [-0.05, 0) is 79.6 Å². The second-order valence-electron chi connectivity index (χ2n) is 7.57. The summed E-state index contributed by atoms with van der Waals surface area (Å²) in [4.78, 5) is 0. The number of benzene rings is 2. The Morgan fingerprint density at radius 2 is 1.52 bits per heavy atom. The van der Waals surface area contributed by atoms with Crippen LogP contribution < -0.4 is 4.48 Å². The summed E-state index contributed by atoms with van der Waals surface area (Å²) in [5.74, 6) is 0.624. The third kappa shape index (κ3) is 3.18. The van der Waals surface area contributed by atoms with Gasteiger partial charge in [0, 0.05) is 0 Å². The van der Waals surface area contributed by atoms with Crippen LogP contribution in [0.5, 0.6) is 0 Å². The smallest absolute Gasteiger partial charge is 0.132 e. The summed E-state index contributed by atoms with van der Waals surface area (Å²) >= 11 is 0. The van der Waals surface area contributed by atoms with Gasteiger partial charge in [0.05, 0.1) is 19.6 Å². The number of quaternary nitrogens is 1. The maximum Gasteiger partial charge on any atom is 0.132 e. The number of hydrogen-bond donors (Lipinski definition) is 0. The first-order valence-corrected chi connectivity index (χ1v) is 9.84. The summed E-state index contributed by atoms with van der Waals surface area (Å²) in [6.07, 6.45) is 3.54. The monoisotopic (exact) mass is 334 g/mol. The molecule has 0 amide bonds. The van der Waals surface area contributed by atoms with Crippen molar-refractivity contribution in [3.63, 3.8) is 0 Å². The van der Waals surface area contributed by atoms with E-state index in [2.05, 4.69) is 83.2 Å². The molecule has 2 aromatic rings. The first-order chi connectivity index (χ1) is 12.0. The predicted molar refractivity (Wildman–Crippen MR) is 112 cm³/mol. The fourth-order valence-corrected chi connectivity index (χ4v) is 4.19. The molecule has 0 saturated heterocycles. The van der Waals surface area contributed by atoms with Crippen LogP contribution in [0.1, 0.15) is 45.7 Å². The molecule has 1 aliphatic rings. The average Bonchev–Trinajstić information content (AvgIpc) is 3.09. The van der Waals surface area contributed by atoms with Crippen molar-refractivity contribution in [1.82, 2.24) is 4.48 Å². The maximum absolute atomic E-state index is 2.42. The van der Waals surface area contributed by atoms with Crippen molar-refractivity contribution in [2.45, 2.75) is 41.0 Å². The Morgan fingerprint density at radius 3 is 2.08 bits per heavy atom. The lowest BCUT2D eigenvalue weighted by molar-refractivity contribution is 0.316. The first kappa shape index (κ1) is 17.9. The molecule has 0 spiro atoms. The molecule has 3 rings (SSSR count). The van der Waals surface area contributed by atoms with E-state index in [-0.39, 0.29) is 0 Å². The Balaban J connectivity index is 1.99. The van der Waals surface area contributed by atoms with E-state index in [1.165, 1.54) is 27.9 Å². The Morgan fingerprint density at radius 1 is 0.880 bits per heavy atom. The third-order valence-corrected chi connectivity index (χ3v) is 6.20. The van der Waals surface area contributed by atoms with Crippen molar-refractivity contribution in [1.29, 1.82) is 0 Å². The topological polar surface area (TPSA) is 0 Å². The SMILES string of the molecule is CC[N+](CC)(CC)c1ccc(-c2cccc3c2C=C(C(C)C)C3)cc1. The van der Waals surface area contributed by atoms with Crippen LogP contribution >= 0.6 is 0 Å². The molecule has 0 heterocycles. The zero-order valence-corrected chi connectivity index (χ0v) is 16.5. The molecular formula is C24H32N+. The van der Waals surface area contributed by atoms with Gasteiger partial charge in [-0.3, -0.25) is 4.48 Å². The van der Waals surface area contributed by atoms with Gasteiger partial charge in [0.25, 0.3) is 0 Å². The molecule has 0 bridgehead atoms. The Kier molecular flexibility index (Phi) is 5.15. The molecular weight excluding hydrogens is 302 g/mol. The molecule has 0 aliphatic heterocycles. The minimum Gasteiger partial charge on any atom is -0.292 e. The number of fused-ring (bicyclic) bond motifs is 1. The lowest BCUT2D eigenvalue weighted by Gasteiger charge is -2.35. The van der Waals surface area contributed by atoms with E-state index in [1.807, 2.05) is 0 Å². The molecule has 0 atom stereocenters. The third-order valence-electron chi connectivity index (χ3n) is 6.20. The van der Waals surface area contributed by atoms with Crippen LogP contribution in [0.25, 0.3) is 17.2 Å². The fourth-order valence-electron chi connectivity index (χ4n) is 4.19. The van der Waals surface area contributed by atoms with Crippen LogP contribution in [0.3, 0.4) is 0 Å². The van der Waals surface area contributed by atoms with Crippen LogP contribution in [-0.4, -0.2) is 19.6 Å². The molecule has 25 heavy (non-hydrogen) atoms. The van der Waals surface area contributed by atoms with Gasteiger partial charge < -0.3 is 0 Å². The number of hydrogen-bond acceptors (Lipinski definition) is 0. The van der Waals surface area contributed by atoms with E-state index < -0.39 is 0 Å². The van der Waals surface area contributed by atoms with E-state index in [0.29, 0.717) is 5.92 Å². The van der Waals surface area contributed by atoms with Gasteiger partial charge in [-0.2, -0.15) is 0 Å². The summed E-state index contributed by atoms with van der Waals surface area (Å²) in [5, 5.41) is 0. The van der Waals surface area contributed by atoms with Crippen molar-refractivity contribution in [2.24, 2.45) is 5.92 Å². The van der Waals surface area contributed by atoms with Crippen molar-refractivity contribution < 1.29 is 0 Å². The van der Waals surface area contributed by atoms with Crippen molar-refractivity contribution >= 4 is 11.8 Å². The molecule has 1 aliphatic carbocycles. The molecule has 1 nitrogen and oxygen atoms in total. The number of allylic oxidation sites excluding steroid dienone is 1. The van der Waals surface area contributed by atoms with Crippen LogP contribution in [0.4, 0.5) is 5.69 Å². The highest BCUT2D eigenvalue weighted by Gasteiger charge is 2.24. The van der Waals surface area contributed by atoms with Crippen LogP contribution in [0, 0.1) is 5.92 Å². The zero-order valence-electron chi connectivity index (χ0n) is 16.5. The second kappa shape index (κ2) is 7.17. The molecule has 1 heteroatoms. The van der Waals surface area contributed by atoms with Gasteiger partial charge in [0.15, 0.2) is 0 Å². The summed E-state index contributed by atoms with van der Waals surface area (Å²) < 4.78 is 1.06. The molecule has 2 aromatic carbocycles. The molecule has 0 aromatic heterocycles. The second-order valence-corrected chi connectivity index (χ2v) is 7.57. The standard InChI is InChI=1S/C24H32N/c1-6-25(7-2,8-3)22-14-12-19(13-15-22)23-11-9-10-20-16-21(18(4)5)17-24(20)23/h9-15,17-18H,6-8,16H2,1-5H3/q+1. The van der Waals surface area contributed by atoms with Gasteiger partial charge in [0.2, 0.25) is 0 Å². The lowest BCUT2D eigenvalue weighted by Crippen LogP contribution is -2.48. The van der Waals surface area contributed by atoms with E-state index >= 15 is 0 Å². The van der Waals surface area contributed by atoms with E-state index in [0.717, 1.165) is 30.5 Å². The summed E-state index contributed by atoms with van der Waals surface area (Å²) in [7, 11) is 0. The summed E-state index contributed by atoms with van der Waals surface area (Å²) in [5.41, 5.74) is 8.61. The molecule has 0 radical (unpaired) electrons.